The largest absolute Gasteiger partial charge is 0.309 e. The maximum Gasteiger partial charge on any atom is 0.164 e. The van der Waals surface area contributed by atoms with Crippen molar-refractivity contribution in [2.75, 3.05) is 0 Å². The van der Waals surface area contributed by atoms with E-state index in [0.29, 0.717) is 17.5 Å². The molecular weight excluding hydrogens is 769 g/mol. The van der Waals surface area contributed by atoms with Gasteiger partial charge in [-0.05, 0) is 66.7 Å². The molecule has 0 aliphatic carbocycles. The molecule has 0 radical (unpaired) electrons. The topological polar surface area (TPSA) is 53.5 Å². The molecule has 6 heteroatoms. The SMILES string of the molecule is c1ccc(-c2nc(-c3ccccc3)nc(-c3ccc(-n4c5ccccc5c5c4ccc4c6ccccc6n(-c6cccc7c8ccccc8n(-c8ccccc8)c67)c45)cc3)n2)cc1. The predicted molar refractivity (Wildman–Crippen MR) is 259 cm³/mol. The Morgan fingerprint density at radius 2 is 0.698 bits per heavy atom. The molecule has 0 aliphatic heterocycles. The van der Waals surface area contributed by atoms with Crippen LogP contribution in [0.2, 0.25) is 0 Å². The summed E-state index contributed by atoms with van der Waals surface area (Å²) in [6.07, 6.45) is 0. The first-order valence-corrected chi connectivity index (χ1v) is 21.3. The Bertz CT molecular complexity index is 3820. The van der Waals surface area contributed by atoms with Crippen molar-refractivity contribution in [3.8, 4) is 51.2 Å². The Morgan fingerprint density at radius 1 is 0.254 bits per heavy atom. The van der Waals surface area contributed by atoms with Crippen molar-refractivity contribution in [3.05, 3.63) is 218 Å². The molecule has 4 aromatic heterocycles. The molecule has 0 saturated carbocycles. The van der Waals surface area contributed by atoms with Gasteiger partial charge in [-0.2, -0.15) is 0 Å². The summed E-state index contributed by atoms with van der Waals surface area (Å²) < 4.78 is 7.35. The molecule has 0 amide bonds. The summed E-state index contributed by atoms with van der Waals surface area (Å²) in [7, 11) is 0. The average Bonchev–Trinajstić information content (AvgIpc) is 4.01. The Labute approximate surface area is 362 Å². The van der Waals surface area contributed by atoms with Gasteiger partial charge in [-0.15, -0.1) is 0 Å². The Kier molecular flexibility index (Phi) is 7.80. The van der Waals surface area contributed by atoms with Crippen LogP contribution < -0.4 is 0 Å². The summed E-state index contributed by atoms with van der Waals surface area (Å²) in [6.45, 7) is 0. The van der Waals surface area contributed by atoms with Crippen molar-refractivity contribution in [2.24, 2.45) is 0 Å². The number of aromatic nitrogens is 6. The van der Waals surface area contributed by atoms with E-state index in [0.717, 1.165) is 44.8 Å². The number of hydrogen-bond donors (Lipinski definition) is 0. The van der Waals surface area contributed by atoms with Gasteiger partial charge in [-0.1, -0.05) is 152 Å². The predicted octanol–water partition coefficient (Wildman–Crippen LogP) is 14.2. The molecule has 4 heterocycles. The molecule has 6 nitrogen and oxygen atoms in total. The highest BCUT2D eigenvalue weighted by molar-refractivity contribution is 6.27. The van der Waals surface area contributed by atoms with Crippen LogP contribution in [0.1, 0.15) is 0 Å². The maximum absolute atomic E-state index is 5.01. The van der Waals surface area contributed by atoms with E-state index in [9.17, 15) is 0 Å². The van der Waals surface area contributed by atoms with Gasteiger partial charge < -0.3 is 13.7 Å². The van der Waals surface area contributed by atoms with E-state index in [1.165, 1.54) is 54.4 Å². The van der Waals surface area contributed by atoms with E-state index in [1.54, 1.807) is 0 Å². The highest BCUT2D eigenvalue weighted by Gasteiger charge is 2.24. The van der Waals surface area contributed by atoms with Crippen LogP contribution >= 0.6 is 0 Å². The molecule has 0 N–H and O–H groups in total. The Morgan fingerprint density at radius 3 is 1.30 bits per heavy atom. The molecule has 0 unspecified atom stereocenters. The van der Waals surface area contributed by atoms with E-state index in [1.807, 2.05) is 60.7 Å². The number of benzene rings is 9. The van der Waals surface area contributed by atoms with Crippen LogP contribution in [0.3, 0.4) is 0 Å². The van der Waals surface area contributed by atoms with Crippen LogP contribution in [-0.4, -0.2) is 28.7 Å². The minimum Gasteiger partial charge on any atom is -0.309 e. The average molecular weight is 805 g/mol. The lowest BCUT2D eigenvalue weighted by molar-refractivity contribution is 1.07. The second-order valence-electron chi connectivity index (χ2n) is 16.0. The minimum absolute atomic E-state index is 0.629. The van der Waals surface area contributed by atoms with Crippen LogP contribution in [0.15, 0.2) is 218 Å². The molecule has 0 bridgehead atoms. The lowest BCUT2D eigenvalue weighted by Gasteiger charge is -2.15. The molecule has 0 fully saturated rings. The first-order chi connectivity index (χ1) is 31.3. The first kappa shape index (κ1) is 35.2. The number of rotatable bonds is 6. The molecule has 0 spiro atoms. The van der Waals surface area contributed by atoms with Gasteiger partial charge in [0.25, 0.3) is 0 Å². The van der Waals surface area contributed by atoms with E-state index in [2.05, 4.69) is 171 Å². The molecule has 63 heavy (non-hydrogen) atoms. The summed E-state index contributed by atoms with van der Waals surface area (Å²) in [6, 6.07) is 77.4. The lowest BCUT2D eigenvalue weighted by Crippen LogP contribution is -2.01. The van der Waals surface area contributed by atoms with Gasteiger partial charge >= 0.3 is 0 Å². The molecule has 0 aliphatic rings. The van der Waals surface area contributed by atoms with Gasteiger partial charge in [0, 0.05) is 60.4 Å². The van der Waals surface area contributed by atoms with Gasteiger partial charge in [-0.25, -0.2) is 15.0 Å². The quantitative estimate of drug-likeness (QED) is 0.168. The summed E-state index contributed by atoms with van der Waals surface area (Å²) in [5, 5.41) is 7.29. The Hall–Kier alpha value is -8.61. The lowest BCUT2D eigenvalue weighted by atomic mass is 10.1. The van der Waals surface area contributed by atoms with Gasteiger partial charge in [0.2, 0.25) is 0 Å². The van der Waals surface area contributed by atoms with Crippen LogP contribution in [-0.2, 0) is 0 Å². The maximum atomic E-state index is 5.01. The van der Waals surface area contributed by atoms with E-state index in [-0.39, 0.29) is 0 Å². The van der Waals surface area contributed by atoms with Gasteiger partial charge in [0.05, 0.1) is 38.8 Å². The zero-order valence-electron chi connectivity index (χ0n) is 34.0. The van der Waals surface area contributed by atoms with Gasteiger partial charge in [-0.3, -0.25) is 0 Å². The zero-order valence-corrected chi connectivity index (χ0v) is 34.0. The minimum atomic E-state index is 0.629. The van der Waals surface area contributed by atoms with Crippen LogP contribution in [0, 0.1) is 0 Å². The molecule has 13 rings (SSSR count). The Balaban J connectivity index is 1.05. The number of nitrogens with zero attached hydrogens (tertiary/aromatic N) is 6. The number of hydrogen-bond acceptors (Lipinski definition) is 3. The van der Waals surface area contributed by atoms with Crippen molar-refractivity contribution in [2.45, 2.75) is 0 Å². The second-order valence-corrected chi connectivity index (χ2v) is 16.0. The summed E-state index contributed by atoms with van der Waals surface area (Å²) >= 11 is 0. The van der Waals surface area contributed by atoms with Crippen LogP contribution in [0.4, 0.5) is 0 Å². The fraction of sp³-hybridized carbons (Fsp3) is 0. The van der Waals surface area contributed by atoms with Crippen molar-refractivity contribution in [1.82, 2.24) is 28.7 Å². The third kappa shape index (κ3) is 5.41. The molecule has 13 aromatic rings. The van der Waals surface area contributed by atoms with Gasteiger partial charge in [0.15, 0.2) is 17.5 Å². The first-order valence-electron chi connectivity index (χ1n) is 21.3. The third-order valence-corrected chi connectivity index (χ3v) is 12.5. The number of para-hydroxylation sites is 5. The van der Waals surface area contributed by atoms with E-state index in [4.69, 9.17) is 15.0 Å². The normalized spacial score (nSPS) is 11.8. The molecule has 294 valence electrons. The molecule has 9 aromatic carbocycles. The second kappa shape index (κ2) is 14.0. The molecule has 0 saturated heterocycles. The van der Waals surface area contributed by atoms with E-state index < -0.39 is 0 Å². The summed E-state index contributed by atoms with van der Waals surface area (Å²) in [5.41, 5.74) is 13.1. The van der Waals surface area contributed by atoms with Crippen molar-refractivity contribution < 1.29 is 0 Å². The molecule has 0 atom stereocenters. The summed E-state index contributed by atoms with van der Waals surface area (Å²) in [4.78, 5) is 14.9. The van der Waals surface area contributed by atoms with E-state index >= 15 is 0 Å². The number of fused-ring (bicyclic) bond motifs is 10. The van der Waals surface area contributed by atoms with Crippen molar-refractivity contribution in [3.63, 3.8) is 0 Å². The fourth-order valence-corrected chi connectivity index (χ4v) is 9.76. The van der Waals surface area contributed by atoms with Crippen LogP contribution in [0.25, 0.3) is 117 Å². The zero-order chi connectivity index (χ0) is 41.4. The smallest absolute Gasteiger partial charge is 0.164 e. The van der Waals surface area contributed by atoms with Gasteiger partial charge in [0.1, 0.15) is 0 Å². The van der Waals surface area contributed by atoms with Crippen molar-refractivity contribution in [1.29, 1.82) is 0 Å². The fourth-order valence-electron chi connectivity index (χ4n) is 9.76. The third-order valence-electron chi connectivity index (χ3n) is 12.5. The monoisotopic (exact) mass is 804 g/mol. The highest BCUT2D eigenvalue weighted by atomic mass is 15.1. The van der Waals surface area contributed by atoms with Crippen molar-refractivity contribution >= 4 is 65.4 Å². The standard InChI is InChI=1S/C57H36N6/c1-4-17-37(18-5-1)55-58-56(38-19-6-2-7-20-38)60-57(59-55)39-31-33-41(34-32-39)61-49-29-15-12-25-46(49)52-50(61)36-35-45-43-24-11-14-28-48(43)63(54(45)52)51-30-16-26-44-42-23-10-13-27-47(42)62(53(44)51)40-21-8-3-9-22-40/h1-36H. The van der Waals surface area contributed by atoms with Crippen LogP contribution in [0.5, 0.6) is 0 Å². The molecular formula is C57H36N6. The highest BCUT2D eigenvalue weighted by Crippen LogP contribution is 2.44. The summed E-state index contributed by atoms with van der Waals surface area (Å²) in [5.74, 6) is 1.92.